The van der Waals surface area contributed by atoms with Crippen LogP contribution in [0.5, 0.6) is 5.75 Å². The van der Waals surface area contributed by atoms with Crippen molar-refractivity contribution < 1.29 is 14.7 Å². The van der Waals surface area contributed by atoms with E-state index in [9.17, 15) is 14.7 Å². The highest BCUT2D eigenvalue weighted by Crippen LogP contribution is 2.32. The third-order valence-electron chi connectivity index (χ3n) is 3.38. The van der Waals surface area contributed by atoms with Gasteiger partial charge < -0.3 is 10.4 Å². The number of benzene rings is 2. The van der Waals surface area contributed by atoms with Crippen molar-refractivity contribution in [3.05, 3.63) is 55.4 Å². The Morgan fingerprint density at radius 2 is 1.59 bits per heavy atom. The number of hydrazone groups is 1. The number of aromatic hydroxyl groups is 1. The van der Waals surface area contributed by atoms with Crippen LogP contribution in [0.2, 0.25) is 0 Å². The second-order valence-electron chi connectivity index (χ2n) is 5.53. The molecule has 0 aliphatic carbocycles. The summed E-state index contributed by atoms with van der Waals surface area (Å²) in [6.45, 7) is 0. The number of nitrogens with one attached hydrogen (secondary N) is 2. The van der Waals surface area contributed by atoms with E-state index in [1.807, 2.05) is 12.1 Å². The van der Waals surface area contributed by atoms with E-state index in [0.717, 1.165) is 4.47 Å². The highest BCUT2D eigenvalue weighted by Gasteiger charge is 2.06. The lowest BCUT2D eigenvalue weighted by molar-refractivity contribution is -0.121. The molecule has 0 atom stereocenters. The largest absolute Gasteiger partial charge is 0.506 e. The van der Waals surface area contributed by atoms with E-state index in [2.05, 4.69) is 63.6 Å². The number of nitrogens with zero attached hydrogens (tertiary/aromatic N) is 1. The molecular weight excluding hydrogens is 546 g/mol. The van der Waals surface area contributed by atoms with Gasteiger partial charge in [-0.25, -0.2) is 5.43 Å². The van der Waals surface area contributed by atoms with Crippen LogP contribution >= 0.6 is 47.8 Å². The molecule has 0 radical (unpaired) electrons. The lowest BCUT2D eigenvalue weighted by Gasteiger charge is -2.05. The summed E-state index contributed by atoms with van der Waals surface area (Å²) in [7, 11) is 0. The van der Waals surface area contributed by atoms with Crippen LogP contribution in [0, 0.1) is 0 Å². The van der Waals surface area contributed by atoms with Crippen LogP contribution in [0.3, 0.4) is 0 Å². The van der Waals surface area contributed by atoms with Gasteiger partial charge >= 0.3 is 0 Å². The number of hydrogen-bond donors (Lipinski definition) is 3. The predicted octanol–water partition coefficient (Wildman–Crippen LogP) is 4.94. The maximum Gasteiger partial charge on any atom is 0.240 e. The van der Waals surface area contributed by atoms with E-state index in [1.54, 1.807) is 24.3 Å². The maximum atomic E-state index is 11.9. The van der Waals surface area contributed by atoms with Crippen LogP contribution in [-0.2, 0) is 9.59 Å². The standard InChI is InChI=1S/C18H16Br3N3O3/c19-12-4-6-13(7-5-12)23-16(25)2-1-3-17(26)24-22-10-11-8-14(20)18(27)15(21)9-11/h4-10,27H,1-3H2,(H,23,25)(H,24,26). The second-order valence-corrected chi connectivity index (χ2v) is 8.16. The first-order chi connectivity index (χ1) is 12.8. The lowest BCUT2D eigenvalue weighted by Crippen LogP contribution is -2.18. The Labute approximate surface area is 181 Å². The molecule has 0 bridgehead atoms. The molecule has 0 saturated carbocycles. The fourth-order valence-electron chi connectivity index (χ4n) is 2.06. The summed E-state index contributed by atoms with van der Waals surface area (Å²) < 4.78 is 1.97. The molecule has 0 heterocycles. The monoisotopic (exact) mass is 559 g/mol. The molecule has 0 aliphatic rings. The van der Waals surface area contributed by atoms with Crippen LogP contribution in [-0.4, -0.2) is 23.1 Å². The SMILES string of the molecule is O=C(CCCC(=O)Nc1ccc(Br)cc1)NN=Cc1cc(Br)c(O)c(Br)c1. The molecule has 0 aliphatic heterocycles. The molecule has 0 unspecified atom stereocenters. The van der Waals surface area contributed by atoms with Gasteiger partial charge in [-0.2, -0.15) is 5.10 Å². The molecule has 2 aromatic carbocycles. The quantitative estimate of drug-likeness (QED) is 0.330. The van der Waals surface area contributed by atoms with E-state index < -0.39 is 0 Å². The van der Waals surface area contributed by atoms with Crippen molar-refractivity contribution in [2.45, 2.75) is 19.3 Å². The summed E-state index contributed by atoms with van der Waals surface area (Å²) in [4.78, 5) is 23.6. The van der Waals surface area contributed by atoms with Gasteiger partial charge in [-0.15, -0.1) is 0 Å². The molecule has 27 heavy (non-hydrogen) atoms. The van der Waals surface area contributed by atoms with Gasteiger partial charge in [-0.3, -0.25) is 9.59 Å². The van der Waals surface area contributed by atoms with Crippen molar-refractivity contribution >= 4 is 71.5 Å². The summed E-state index contributed by atoms with van der Waals surface area (Å²) in [5, 5.41) is 16.3. The molecule has 2 rings (SSSR count). The Bertz CT molecular complexity index is 832. The second kappa shape index (κ2) is 10.6. The Kier molecular flexibility index (Phi) is 8.46. The van der Waals surface area contributed by atoms with Crippen LogP contribution in [0.25, 0.3) is 0 Å². The van der Waals surface area contributed by atoms with Crippen LogP contribution in [0.4, 0.5) is 5.69 Å². The number of phenols is 1. The van der Waals surface area contributed by atoms with Gasteiger partial charge in [0.2, 0.25) is 11.8 Å². The summed E-state index contributed by atoms with van der Waals surface area (Å²) in [6.07, 6.45) is 2.31. The fraction of sp³-hybridized carbons (Fsp3) is 0.167. The van der Waals surface area contributed by atoms with Crippen LogP contribution < -0.4 is 10.7 Å². The van der Waals surface area contributed by atoms with Gasteiger partial charge in [-0.1, -0.05) is 15.9 Å². The topological polar surface area (TPSA) is 90.8 Å². The summed E-state index contributed by atoms with van der Waals surface area (Å²) in [5.41, 5.74) is 3.82. The third-order valence-corrected chi connectivity index (χ3v) is 5.12. The Morgan fingerprint density at radius 1 is 1.00 bits per heavy atom. The number of rotatable bonds is 7. The van der Waals surface area contributed by atoms with Gasteiger partial charge in [0, 0.05) is 23.0 Å². The van der Waals surface area contributed by atoms with Crippen LogP contribution in [0.1, 0.15) is 24.8 Å². The van der Waals surface area contributed by atoms with Gasteiger partial charge in [0.25, 0.3) is 0 Å². The average Bonchev–Trinajstić information content (AvgIpc) is 2.61. The zero-order valence-corrected chi connectivity index (χ0v) is 18.8. The fourth-order valence-corrected chi connectivity index (χ4v) is 3.55. The first kappa shape index (κ1) is 21.6. The minimum Gasteiger partial charge on any atom is -0.506 e. The number of anilines is 1. The van der Waals surface area contributed by atoms with E-state index in [0.29, 0.717) is 26.6 Å². The average molecular weight is 562 g/mol. The summed E-state index contributed by atoms with van der Waals surface area (Å²) >= 11 is 9.78. The van der Waals surface area contributed by atoms with Gasteiger partial charge in [0.1, 0.15) is 5.75 Å². The van der Waals surface area contributed by atoms with E-state index in [1.165, 1.54) is 6.21 Å². The van der Waals surface area contributed by atoms with Gasteiger partial charge in [-0.05, 0) is 80.2 Å². The molecule has 0 fully saturated rings. The number of hydrogen-bond acceptors (Lipinski definition) is 4. The van der Waals surface area contributed by atoms with Gasteiger partial charge in [0.15, 0.2) is 0 Å². The van der Waals surface area contributed by atoms with Crippen molar-refractivity contribution in [1.82, 2.24) is 5.43 Å². The van der Waals surface area contributed by atoms with E-state index >= 15 is 0 Å². The Balaban J connectivity index is 1.71. The molecule has 2 aromatic rings. The third kappa shape index (κ3) is 7.43. The zero-order valence-electron chi connectivity index (χ0n) is 14.0. The molecule has 6 nitrogen and oxygen atoms in total. The van der Waals surface area contributed by atoms with Crippen molar-refractivity contribution in [2.75, 3.05) is 5.32 Å². The first-order valence-electron chi connectivity index (χ1n) is 7.90. The van der Waals surface area contributed by atoms with E-state index in [4.69, 9.17) is 0 Å². The van der Waals surface area contributed by atoms with Crippen LogP contribution in [0.15, 0.2) is 54.9 Å². The van der Waals surface area contributed by atoms with Gasteiger partial charge in [0.05, 0.1) is 15.2 Å². The molecule has 0 aromatic heterocycles. The number of carbonyl (C=O) groups excluding carboxylic acids is 2. The molecular formula is C18H16Br3N3O3. The minimum atomic E-state index is -0.278. The normalized spacial score (nSPS) is 10.8. The zero-order chi connectivity index (χ0) is 19.8. The highest BCUT2D eigenvalue weighted by atomic mass is 79.9. The molecule has 0 saturated heterocycles. The van der Waals surface area contributed by atoms with Crippen molar-refractivity contribution in [3.8, 4) is 5.75 Å². The van der Waals surface area contributed by atoms with Crippen molar-refractivity contribution in [3.63, 3.8) is 0 Å². The predicted molar refractivity (Wildman–Crippen MR) is 116 cm³/mol. The highest BCUT2D eigenvalue weighted by molar-refractivity contribution is 9.11. The summed E-state index contributed by atoms with van der Waals surface area (Å²) in [5.74, 6) is -0.329. The smallest absolute Gasteiger partial charge is 0.240 e. The van der Waals surface area contributed by atoms with Crippen molar-refractivity contribution in [2.24, 2.45) is 5.10 Å². The number of phenolic OH excluding ortho intramolecular Hbond substituents is 1. The first-order valence-corrected chi connectivity index (χ1v) is 10.3. The summed E-state index contributed by atoms with van der Waals surface area (Å²) in [6, 6.07) is 10.6. The van der Waals surface area contributed by atoms with E-state index in [-0.39, 0.29) is 30.4 Å². The molecule has 9 heteroatoms. The lowest BCUT2D eigenvalue weighted by atomic mass is 10.2. The molecule has 0 spiro atoms. The molecule has 3 N–H and O–H groups in total. The Hall–Kier alpha value is -1.71. The van der Waals surface area contributed by atoms with Crippen molar-refractivity contribution in [1.29, 1.82) is 0 Å². The molecule has 2 amide bonds. The minimum absolute atomic E-state index is 0.0950. The number of carbonyl (C=O) groups is 2. The molecule has 142 valence electrons. The Morgan fingerprint density at radius 3 is 2.22 bits per heavy atom. The number of halogens is 3. The maximum absolute atomic E-state index is 11.9. The number of amides is 2.